The summed E-state index contributed by atoms with van der Waals surface area (Å²) in [6.45, 7) is 5.62. The Morgan fingerprint density at radius 1 is 1.28 bits per heavy atom. The van der Waals surface area contributed by atoms with E-state index in [-0.39, 0.29) is 24.7 Å². The van der Waals surface area contributed by atoms with Crippen molar-refractivity contribution in [3.63, 3.8) is 0 Å². The molecule has 0 saturated carbocycles. The molecule has 1 aromatic heterocycles. The Bertz CT molecular complexity index is 1220. The van der Waals surface area contributed by atoms with E-state index in [9.17, 15) is 22.8 Å². The van der Waals surface area contributed by atoms with Crippen LogP contribution in [0.4, 0.5) is 24.8 Å². The maximum Gasteiger partial charge on any atom is 0.416 e. The lowest BCUT2D eigenvalue weighted by Crippen LogP contribution is -2.43. The van der Waals surface area contributed by atoms with Crippen LogP contribution >= 0.6 is 0 Å². The van der Waals surface area contributed by atoms with Crippen LogP contribution in [0.25, 0.3) is 0 Å². The highest BCUT2D eigenvalue weighted by Crippen LogP contribution is 2.31. The molecule has 0 amide bonds. The molecule has 0 unspecified atom stereocenters. The molecule has 0 spiro atoms. The summed E-state index contributed by atoms with van der Waals surface area (Å²) in [6, 6.07) is 4.47. The van der Waals surface area contributed by atoms with Crippen molar-refractivity contribution in [2.24, 2.45) is 0 Å². The fraction of sp³-hybridized carbons (Fsp3) is 0.261. The minimum absolute atomic E-state index is 0.0480. The molecule has 0 fully saturated rings. The van der Waals surface area contributed by atoms with Crippen LogP contribution in [0.5, 0.6) is 0 Å². The lowest BCUT2D eigenvalue weighted by atomic mass is 10.1. The van der Waals surface area contributed by atoms with E-state index in [4.69, 9.17) is 0 Å². The number of anilines is 2. The van der Waals surface area contributed by atoms with Crippen LogP contribution in [0.2, 0.25) is 0 Å². The van der Waals surface area contributed by atoms with Gasteiger partial charge >= 0.3 is 17.6 Å². The van der Waals surface area contributed by atoms with Gasteiger partial charge in [-0.3, -0.25) is 4.57 Å². The molecule has 1 heterocycles. The van der Waals surface area contributed by atoms with Crippen molar-refractivity contribution in [2.45, 2.75) is 39.0 Å². The SMILES string of the molecule is C=C/C(=C\C)Cn1c(Nc2cccc(C(F)(F)F)c2)nc(=O)n(CC2=CC=CCC2)c1=O. The number of hydrogen-bond donors (Lipinski definition) is 1. The van der Waals surface area contributed by atoms with Gasteiger partial charge in [-0.05, 0) is 49.1 Å². The Hall–Kier alpha value is -3.62. The Labute approximate surface area is 182 Å². The van der Waals surface area contributed by atoms with Crippen LogP contribution in [-0.2, 0) is 19.3 Å². The van der Waals surface area contributed by atoms with Gasteiger partial charge in [-0.2, -0.15) is 18.2 Å². The number of aromatic nitrogens is 3. The molecule has 32 heavy (non-hydrogen) atoms. The van der Waals surface area contributed by atoms with E-state index in [0.717, 1.165) is 35.1 Å². The van der Waals surface area contributed by atoms with Gasteiger partial charge in [0.25, 0.3) is 0 Å². The van der Waals surface area contributed by atoms with Crippen LogP contribution in [0.1, 0.15) is 25.3 Å². The van der Waals surface area contributed by atoms with Gasteiger partial charge in [0, 0.05) is 5.69 Å². The van der Waals surface area contributed by atoms with Crippen molar-refractivity contribution in [2.75, 3.05) is 5.32 Å². The van der Waals surface area contributed by atoms with Crippen LogP contribution in [0.15, 0.2) is 82.0 Å². The number of rotatable bonds is 7. The van der Waals surface area contributed by atoms with Crippen LogP contribution < -0.4 is 16.7 Å². The van der Waals surface area contributed by atoms with Crippen molar-refractivity contribution >= 4 is 11.6 Å². The van der Waals surface area contributed by atoms with Crippen molar-refractivity contribution in [1.82, 2.24) is 14.1 Å². The molecule has 2 aromatic rings. The second kappa shape index (κ2) is 9.67. The molecule has 1 aliphatic carbocycles. The van der Waals surface area contributed by atoms with E-state index < -0.39 is 23.1 Å². The topological polar surface area (TPSA) is 68.9 Å². The van der Waals surface area contributed by atoms with E-state index in [1.807, 2.05) is 18.2 Å². The number of halogens is 3. The first-order chi connectivity index (χ1) is 15.2. The minimum atomic E-state index is -4.53. The number of hydrogen-bond acceptors (Lipinski definition) is 4. The maximum absolute atomic E-state index is 13.2. The average molecular weight is 444 g/mol. The van der Waals surface area contributed by atoms with Crippen molar-refractivity contribution in [1.29, 1.82) is 0 Å². The molecule has 1 aromatic carbocycles. The molecule has 0 saturated heterocycles. The quantitative estimate of drug-likeness (QED) is 0.635. The van der Waals surface area contributed by atoms with Gasteiger partial charge < -0.3 is 5.32 Å². The molecule has 1 aliphatic rings. The van der Waals surface area contributed by atoms with E-state index in [0.29, 0.717) is 5.57 Å². The van der Waals surface area contributed by atoms with Crippen molar-refractivity contribution < 1.29 is 13.2 Å². The third kappa shape index (κ3) is 5.35. The molecule has 0 atom stereocenters. The third-order valence-electron chi connectivity index (χ3n) is 5.03. The zero-order chi connectivity index (χ0) is 23.3. The monoisotopic (exact) mass is 444 g/mol. The van der Waals surface area contributed by atoms with Gasteiger partial charge in [0.1, 0.15) is 0 Å². The second-order valence-corrected chi connectivity index (χ2v) is 7.24. The van der Waals surface area contributed by atoms with E-state index in [1.54, 1.807) is 19.1 Å². The van der Waals surface area contributed by atoms with Gasteiger partial charge in [0.05, 0.1) is 18.7 Å². The normalized spacial score (nSPS) is 14.2. The largest absolute Gasteiger partial charge is 0.416 e. The molecule has 0 aliphatic heterocycles. The van der Waals surface area contributed by atoms with Gasteiger partial charge in [-0.25, -0.2) is 14.2 Å². The van der Waals surface area contributed by atoms with Crippen molar-refractivity contribution in [3.05, 3.63) is 98.9 Å². The summed E-state index contributed by atoms with van der Waals surface area (Å²) in [4.78, 5) is 29.9. The highest BCUT2D eigenvalue weighted by molar-refractivity contribution is 5.55. The smallest absolute Gasteiger partial charge is 0.325 e. The second-order valence-electron chi connectivity index (χ2n) is 7.24. The molecular formula is C23H23F3N4O2. The zero-order valence-corrected chi connectivity index (χ0v) is 17.5. The number of alkyl halides is 3. The Morgan fingerprint density at radius 2 is 2.06 bits per heavy atom. The molecule has 6 nitrogen and oxygen atoms in total. The summed E-state index contributed by atoms with van der Waals surface area (Å²) in [5.41, 5.74) is -0.604. The summed E-state index contributed by atoms with van der Waals surface area (Å²) in [7, 11) is 0. The average Bonchev–Trinajstić information content (AvgIpc) is 2.77. The summed E-state index contributed by atoms with van der Waals surface area (Å²) in [6.07, 6.45) is 6.03. The van der Waals surface area contributed by atoms with Crippen molar-refractivity contribution in [3.8, 4) is 0 Å². The third-order valence-corrected chi connectivity index (χ3v) is 5.03. The van der Waals surface area contributed by atoms with E-state index >= 15 is 0 Å². The fourth-order valence-corrected chi connectivity index (χ4v) is 3.25. The summed E-state index contributed by atoms with van der Waals surface area (Å²) in [5.74, 6) is -0.144. The fourth-order valence-electron chi connectivity index (χ4n) is 3.25. The highest BCUT2D eigenvalue weighted by Gasteiger charge is 2.30. The van der Waals surface area contributed by atoms with E-state index in [1.165, 1.54) is 16.7 Å². The molecule has 9 heteroatoms. The first-order valence-electron chi connectivity index (χ1n) is 10.0. The lowest BCUT2D eigenvalue weighted by Gasteiger charge is -2.17. The molecule has 3 rings (SSSR count). The molecule has 0 radical (unpaired) electrons. The lowest BCUT2D eigenvalue weighted by molar-refractivity contribution is -0.137. The molecule has 1 N–H and O–H groups in total. The molecule has 168 valence electrons. The summed E-state index contributed by atoms with van der Waals surface area (Å²) < 4.78 is 41.5. The predicted molar refractivity (Wildman–Crippen MR) is 118 cm³/mol. The number of nitrogens with one attached hydrogen (secondary N) is 1. The predicted octanol–water partition coefficient (Wildman–Crippen LogP) is 4.58. The highest BCUT2D eigenvalue weighted by atomic mass is 19.4. The number of benzene rings is 1. The van der Waals surface area contributed by atoms with Crippen LogP contribution in [0.3, 0.4) is 0 Å². The van der Waals surface area contributed by atoms with E-state index in [2.05, 4.69) is 16.9 Å². The first kappa shape index (κ1) is 23.1. The summed E-state index contributed by atoms with van der Waals surface area (Å²) in [5, 5.41) is 2.70. The zero-order valence-electron chi connectivity index (χ0n) is 17.5. The Morgan fingerprint density at radius 3 is 2.69 bits per heavy atom. The van der Waals surface area contributed by atoms with Gasteiger partial charge in [0.2, 0.25) is 5.95 Å². The Kier molecular flexibility index (Phi) is 6.97. The molecular weight excluding hydrogens is 421 g/mol. The molecule has 0 bridgehead atoms. The summed E-state index contributed by atoms with van der Waals surface area (Å²) >= 11 is 0. The first-order valence-corrected chi connectivity index (χ1v) is 10.0. The van der Waals surface area contributed by atoms with Gasteiger partial charge in [-0.15, -0.1) is 0 Å². The van der Waals surface area contributed by atoms with Crippen LogP contribution in [-0.4, -0.2) is 14.1 Å². The minimum Gasteiger partial charge on any atom is -0.325 e. The Balaban J connectivity index is 2.08. The number of allylic oxidation sites excluding steroid dienone is 7. The van der Waals surface area contributed by atoms with Gasteiger partial charge in [-0.1, -0.05) is 43.0 Å². The maximum atomic E-state index is 13.2. The van der Waals surface area contributed by atoms with Crippen LogP contribution in [0, 0.1) is 0 Å². The van der Waals surface area contributed by atoms with Gasteiger partial charge in [0.15, 0.2) is 0 Å². The number of nitrogens with zero attached hydrogens (tertiary/aromatic N) is 3. The standard InChI is InChI=1S/C23H23F3N4O2/c1-3-16(4-2)14-29-20(27-19-12-8-11-18(13-19)23(24,25)26)28-21(31)30(22(29)32)15-17-9-6-5-7-10-17/h3-6,8-9,11-13H,1,7,10,14-15H2,2H3,(H,27,28,31)/b16-4+.